The van der Waals surface area contributed by atoms with E-state index in [2.05, 4.69) is 5.32 Å². The number of carbonyl (C=O) groups is 1. The SMILES string of the molecule is C[C@H]1[C@H]([C@H](O)[C@H](O)CO)OC(C)(F)C(F)[C@@H]1NC(=O)c1ccc(Cl)cc1. The second-order valence-electron chi connectivity index (χ2n) is 6.58. The van der Waals surface area contributed by atoms with E-state index in [1.807, 2.05) is 0 Å². The van der Waals surface area contributed by atoms with E-state index in [-0.39, 0.29) is 5.56 Å². The molecule has 0 radical (unpaired) electrons. The van der Waals surface area contributed by atoms with Crippen LogP contribution in [-0.2, 0) is 4.74 Å². The standard InChI is InChI=1S/C17H22ClF2NO5/c1-8-12(21-16(25)9-3-5-10(18)6-4-9)15(19)17(2,20)26-14(8)13(24)11(23)7-22/h3-6,8,11-15,22-24H,7H2,1-2H3,(H,21,25)/t8-,11-,12-,13-,14-,15?,17?/m1/s1. The van der Waals surface area contributed by atoms with E-state index in [0.29, 0.717) is 5.02 Å². The van der Waals surface area contributed by atoms with E-state index < -0.39 is 54.8 Å². The molecule has 1 amide bonds. The van der Waals surface area contributed by atoms with Gasteiger partial charge in [0, 0.05) is 16.5 Å². The molecule has 0 saturated carbocycles. The number of amides is 1. The fourth-order valence-corrected chi connectivity index (χ4v) is 3.10. The van der Waals surface area contributed by atoms with Crippen molar-refractivity contribution in [3.05, 3.63) is 34.9 Å². The van der Waals surface area contributed by atoms with Crippen molar-refractivity contribution in [2.75, 3.05) is 6.61 Å². The van der Waals surface area contributed by atoms with Crippen molar-refractivity contribution in [3.8, 4) is 0 Å². The average Bonchev–Trinajstić information content (AvgIpc) is 2.61. The molecule has 0 aromatic heterocycles. The van der Waals surface area contributed by atoms with Gasteiger partial charge in [0.25, 0.3) is 5.91 Å². The first-order valence-corrected chi connectivity index (χ1v) is 8.50. The number of aliphatic hydroxyl groups excluding tert-OH is 3. The summed E-state index contributed by atoms with van der Waals surface area (Å²) in [5, 5.41) is 31.5. The third-order valence-electron chi connectivity index (χ3n) is 4.58. The van der Waals surface area contributed by atoms with Gasteiger partial charge in [-0.05, 0) is 31.2 Å². The minimum absolute atomic E-state index is 0.202. The van der Waals surface area contributed by atoms with Gasteiger partial charge in [0.2, 0.25) is 5.85 Å². The second-order valence-corrected chi connectivity index (χ2v) is 7.01. The normalized spacial score (nSPS) is 34.2. The minimum atomic E-state index is -2.80. The molecule has 7 atom stereocenters. The monoisotopic (exact) mass is 393 g/mol. The van der Waals surface area contributed by atoms with Crippen LogP contribution in [0.5, 0.6) is 0 Å². The van der Waals surface area contributed by atoms with E-state index in [4.69, 9.17) is 21.4 Å². The number of halogens is 3. The molecule has 26 heavy (non-hydrogen) atoms. The molecule has 1 heterocycles. The van der Waals surface area contributed by atoms with Crippen molar-refractivity contribution < 1.29 is 33.6 Å². The Labute approximate surface area is 154 Å². The Morgan fingerprint density at radius 3 is 2.50 bits per heavy atom. The highest BCUT2D eigenvalue weighted by atomic mass is 35.5. The Hall–Kier alpha value is -1.32. The number of carbonyl (C=O) groups excluding carboxylic acids is 1. The van der Waals surface area contributed by atoms with Crippen LogP contribution in [0, 0.1) is 5.92 Å². The number of hydrogen-bond acceptors (Lipinski definition) is 5. The summed E-state index contributed by atoms with van der Waals surface area (Å²) in [4.78, 5) is 12.4. The van der Waals surface area contributed by atoms with Crippen LogP contribution in [0.2, 0.25) is 5.02 Å². The molecule has 0 bridgehead atoms. The lowest BCUT2D eigenvalue weighted by molar-refractivity contribution is -0.280. The van der Waals surface area contributed by atoms with E-state index >= 15 is 0 Å². The molecule has 1 aliphatic heterocycles. The molecule has 4 N–H and O–H groups in total. The van der Waals surface area contributed by atoms with Gasteiger partial charge in [0.15, 0.2) is 6.17 Å². The zero-order valence-corrected chi connectivity index (χ0v) is 15.0. The molecule has 1 aromatic rings. The maximum absolute atomic E-state index is 14.6. The molecule has 2 unspecified atom stereocenters. The largest absolute Gasteiger partial charge is 0.394 e. The highest BCUT2D eigenvalue weighted by molar-refractivity contribution is 6.30. The number of rotatable bonds is 5. The molecular formula is C17H22ClF2NO5. The van der Waals surface area contributed by atoms with Crippen molar-refractivity contribution in [3.63, 3.8) is 0 Å². The summed E-state index contributed by atoms with van der Waals surface area (Å²) < 4.78 is 34.1. The van der Waals surface area contributed by atoms with Gasteiger partial charge >= 0.3 is 0 Å². The van der Waals surface area contributed by atoms with Crippen LogP contribution in [0.25, 0.3) is 0 Å². The van der Waals surface area contributed by atoms with Gasteiger partial charge in [-0.25, -0.2) is 8.78 Å². The van der Waals surface area contributed by atoms with Crippen molar-refractivity contribution in [2.24, 2.45) is 5.92 Å². The number of alkyl halides is 2. The first-order valence-electron chi connectivity index (χ1n) is 8.12. The number of aliphatic hydroxyl groups is 3. The molecule has 0 aliphatic carbocycles. The van der Waals surface area contributed by atoms with Crippen molar-refractivity contribution in [1.29, 1.82) is 0 Å². The predicted octanol–water partition coefficient (Wildman–Crippen LogP) is 1.21. The van der Waals surface area contributed by atoms with Crippen LogP contribution in [0.4, 0.5) is 8.78 Å². The molecule has 6 nitrogen and oxygen atoms in total. The summed E-state index contributed by atoms with van der Waals surface area (Å²) >= 11 is 5.76. The number of nitrogens with one attached hydrogen (secondary N) is 1. The average molecular weight is 394 g/mol. The highest BCUT2D eigenvalue weighted by Crippen LogP contribution is 2.38. The highest BCUT2D eigenvalue weighted by Gasteiger charge is 2.54. The van der Waals surface area contributed by atoms with Crippen LogP contribution in [-0.4, -0.2) is 64.2 Å². The second kappa shape index (κ2) is 8.14. The van der Waals surface area contributed by atoms with Crippen LogP contribution in [0.15, 0.2) is 24.3 Å². The van der Waals surface area contributed by atoms with Crippen molar-refractivity contribution in [2.45, 2.75) is 50.2 Å². The smallest absolute Gasteiger partial charge is 0.251 e. The van der Waals surface area contributed by atoms with Gasteiger partial charge in [-0.3, -0.25) is 4.79 Å². The molecule has 2 rings (SSSR count). The number of hydrogen-bond donors (Lipinski definition) is 4. The molecule has 146 valence electrons. The van der Waals surface area contributed by atoms with Crippen molar-refractivity contribution >= 4 is 17.5 Å². The number of benzene rings is 1. The third kappa shape index (κ3) is 4.32. The molecule has 1 fully saturated rings. The Morgan fingerprint density at radius 1 is 1.38 bits per heavy atom. The Bertz CT molecular complexity index is 630. The fraction of sp³-hybridized carbons (Fsp3) is 0.588. The summed E-state index contributed by atoms with van der Waals surface area (Å²) in [6.45, 7) is 1.51. The van der Waals surface area contributed by atoms with E-state index in [1.54, 1.807) is 0 Å². The summed E-state index contributed by atoms with van der Waals surface area (Å²) in [7, 11) is 0. The lowest BCUT2D eigenvalue weighted by Gasteiger charge is -2.46. The zero-order valence-electron chi connectivity index (χ0n) is 14.3. The number of ether oxygens (including phenoxy) is 1. The molecule has 1 aliphatic rings. The lowest BCUT2D eigenvalue weighted by Crippen LogP contribution is -2.65. The maximum Gasteiger partial charge on any atom is 0.251 e. The predicted molar refractivity (Wildman–Crippen MR) is 90.3 cm³/mol. The molecule has 9 heteroatoms. The van der Waals surface area contributed by atoms with E-state index in [0.717, 1.165) is 6.92 Å². The minimum Gasteiger partial charge on any atom is -0.394 e. The topological polar surface area (TPSA) is 99.0 Å². The van der Waals surface area contributed by atoms with Gasteiger partial charge in [-0.2, -0.15) is 0 Å². The van der Waals surface area contributed by atoms with E-state index in [9.17, 15) is 23.8 Å². The Morgan fingerprint density at radius 2 is 1.96 bits per heavy atom. The summed E-state index contributed by atoms with van der Waals surface area (Å²) in [6, 6.07) is 4.52. The van der Waals surface area contributed by atoms with Gasteiger partial charge in [-0.1, -0.05) is 18.5 Å². The van der Waals surface area contributed by atoms with Crippen LogP contribution < -0.4 is 5.32 Å². The van der Waals surface area contributed by atoms with Crippen LogP contribution >= 0.6 is 11.6 Å². The van der Waals surface area contributed by atoms with Gasteiger partial charge < -0.3 is 25.4 Å². The third-order valence-corrected chi connectivity index (χ3v) is 4.83. The zero-order chi connectivity index (χ0) is 19.6. The Kier molecular flexibility index (Phi) is 6.57. The first kappa shape index (κ1) is 21.0. The lowest BCUT2D eigenvalue weighted by atomic mass is 9.82. The Balaban J connectivity index is 2.23. The maximum atomic E-state index is 14.6. The van der Waals surface area contributed by atoms with E-state index in [1.165, 1.54) is 31.2 Å². The molecule has 0 spiro atoms. The fourth-order valence-electron chi connectivity index (χ4n) is 2.98. The molecule has 1 saturated heterocycles. The van der Waals surface area contributed by atoms with Crippen molar-refractivity contribution in [1.82, 2.24) is 5.32 Å². The van der Waals surface area contributed by atoms with Crippen LogP contribution in [0.3, 0.4) is 0 Å². The quantitative estimate of drug-likeness (QED) is 0.602. The first-order chi connectivity index (χ1) is 12.1. The van der Waals surface area contributed by atoms with Crippen LogP contribution in [0.1, 0.15) is 24.2 Å². The summed E-state index contributed by atoms with van der Waals surface area (Å²) in [6.07, 6.45) is -6.80. The summed E-state index contributed by atoms with van der Waals surface area (Å²) in [5.74, 6) is -4.33. The van der Waals surface area contributed by atoms with Gasteiger partial charge in [-0.15, -0.1) is 0 Å². The van der Waals surface area contributed by atoms with Gasteiger partial charge in [0.1, 0.15) is 12.2 Å². The van der Waals surface area contributed by atoms with Gasteiger partial charge in [0.05, 0.1) is 18.8 Å². The molecular weight excluding hydrogens is 372 g/mol. The molecule has 1 aromatic carbocycles. The summed E-state index contributed by atoms with van der Waals surface area (Å²) in [5.41, 5.74) is 0.202.